The first-order valence-electron chi connectivity index (χ1n) is 12.9. The molecule has 0 fully saturated rings. The lowest BCUT2D eigenvalue weighted by atomic mass is 10.1. The number of fused-ring (bicyclic) bond motifs is 1. The zero-order valence-electron chi connectivity index (χ0n) is 22.5. The van der Waals surface area contributed by atoms with E-state index in [2.05, 4.69) is 25.6 Å². The van der Waals surface area contributed by atoms with E-state index in [0.29, 0.717) is 49.1 Å². The fraction of sp³-hybridized carbons (Fsp3) is 0.267. The van der Waals surface area contributed by atoms with Gasteiger partial charge < -0.3 is 25.0 Å². The van der Waals surface area contributed by atoms with Crippen LogP contribution >= 0.6 is 0 Å². The van der Waals surface area contributed by atoms with Crippen molar-refractivity contribution in [2.75, 3.05) is 44.5 Å². The maximum atomic E-state index is 12.6. The summed E-state index contributed by atoms with van der Waals surface area (Å²) in [5.41, 5.74) is 3.15. The number of pyridine rings is 1. The van der Waals surface area contributed by atoms with Crippen LogP contribution in [-0.4, -0.2) is 59.6 Å². The summed E-state index contributed by atoms with van der Waals surface area (Å²) in [6, 6.07) is 19.3. The van der Waals surface area contributed by atoms with Gasteiger partial charge in [0, 0.05) is 30.3 Å². The van der Waals surface area contributed by atoms with Crippen molar-refractivity contribution < 1.29 is 14.3 Å². The average molecular weight is 527 g/mol. The predicted molar refractivity (Wildman–Crippen MR) is 154 cm³/mol. The molecule has 4 rings (SSSR count). The molecular weight excluding hydrogens is 492 g/mol. The molecule has 2 N–H and O–H groups in total. The number of amides is 1. The second-order valence-electron chi connectivity index (χ2n) is 9.12. The van der Waals surface area contributed by atoms with Crippen LogP contribution in [0.25, 0.3) is 10.9 Å². The number of nitrogens with zero attached hydrogens (tertiary/aromatic N) is 4. The largest absolute Gasteiger partial charge is 0.492 e. The average Bonchev–Trinajstić information content (AvgIpc) is 2.94. The van der Waals surface area contributed by atoms with Gasteiger partial charge in [-0.05, 0) is 44.8 Å². The van der Waals surface area contributed by atoms with Crippen LogP contribution in [0.5, 0.6) is 5.75 Å². The number of nitrogens with one attached hydrogen (secondary N) is 2. The van der Waals surface area contributed by atoms with E-state index >= 15 is 0 Å². The third-order valence-electron chi connectivity index (χ3n) is 5.81. The van der Waals surface area contributed by atoms with Crippen molar-refractivity contribution in [3.8, 4) is 5.75 Å². The van der Waals surface area contributed by atoms with Gasteiger partial charge in [0.2, 0.25) is 5.91 Å². The highest BCUT2D eigenvalue weighted by Gasteiger charge is 2.17. The molecular formula is C30H34N6O3. The number of ether oxygens (including phenoxy) is 2. The molecule has 9 heteroatoms. The normalized spacial score (nSPS) is 12.1. The van der Waals surface area contributed by atoms with E-state index in [1.807, 2.05) is 92.7 Å². The highest BCUT2D eigenvalue weighted by Crippen LogP contribution is 2.33. The van der Waals surface area contributed by atoms with Crippen LogP contribution in [0.15, 0.2) is 85.3 Å². The molecule has 0 bridgehead atoms. The van der Waals surface area contributed by atoms with Crippen molar-refractivity contribution in [2.24, 2.45) is 0 Å². The summed E-state index contributed by atoms with van der Waals surface area (Å²) in [6.07, 6.45) is 6.59. The minimum absolute atomic E-state index is 0.188. The first-order valence-corrected chi connectivity index (χ1v) is 12.9. The third-order valence-corrected chi connectivity index (χ3v) is 5.81. The number of carbonyl (C=O) groups is 1. The summed E-state index contributed by atoms with van der Waals surface area (Å²) in [4.78, 5) is 27.9. The Morgan fingerprint density at radius 2 is 1.87 bits per heavy atom. The van der Waals surface area contributed by atoms with Gasteiger partial charge in [0.25, 0.3) is 0 Å². The molecule has 0 aliphatic rings. The number of likely N-dealkylation sites (N-methyl/N-ethyl adjacent to an activating group) is 1. The molecule has 202 valence electrons. The molecule has 2 aromatic heterocycles. The minimum Gasteiger partial charge on any atom is -0.492 e. The molecule has 0 aliphatic heterocycles. The predicted octanol–water partition coefficient (Wildman–Crippen LogP) is 4.85. The zero-order chi connectivity index (χ0) is 27.5. The minimum atomic E-state index is -0.242. The van der Waals surface area contributed by atoms with E-state index in [9.17, 15) is 4.79 Å². The Morgan fingerprint density at radius 1 is 1.05 bits per heavy atom. The smallest absolute Gasteiger partial charge is 0.248 e. The molecule has 0 spiro atoms. The molecule has 1 atom stereocenters. The van der Waals surface area contributed by atoms with Crippen molar-refractivity contribution in [3.05, 3.63) is 96.6 Å². The number of anilines is 2. The van der Waals surface area contributed by atoms with Crippen molar-refractivity contribution >= 4 is 28.3 Å². The maximum absolute atomic E-state index is 12.6. The summed E-state index contributed by atoms with van der Waals surface area (Å²) in [5.74, 6) is 0.924. The molecule has 2 aromatic carbocycles. The number of hydrogen-bond donors (Lipinski definition) is 2. The van der Waals surface area contributed by atoms with E-state index in [1.54, 1.807) is 6.20 Å². The van der Waals surface area contributed by atoms with Crippen molar-refractivity contribution in [1.29, 1.82) is 0 Å². The molecule has 0 saturated carbocycles. The van der Waals surface area contributed by atoms with Gasteiger partial charge >= 0.3 is 0 Å². The molecule has 0 saturated heterocycles. The fourth-order valence-corrected chi connectivity index (χ4v) is 3.95. The van der Waals surface area contributed by atoms with Crippen molar-refractivity contribution in [3.63, 3.8) is 0 Å². The molecule has 0 aliphatic carbocycles. The lowest BCUT2D eigenvalue weighted by Gasteiger charge is -2.21. The second kappa shape index (κ2) is 14.0. The second-order valence-corrected chi connectivity index (χ2v) is 9.12. The van der Waals surface area contributed by atoms with Crippen LogP contribution in [0.2, 0.25) is 0 Å². The number of benzene rings is 2. The van der Waals surface area contributed by atoms with Crippen LogP contribution in [0.4, 0.5) is 11.5 Å². The number of rotatable bonds is 13. The molecule has 0 radical (unpaired) electrons. The SMILES string of the molecule is CCOc1cc2ncnc(N[C@H](COCc3ccccn3)c3ccccc3)c2cc1NC(=O)/C=C/CN(C)C. The Morgan fingerprint density at radius 3 is 2.62 bits per heavy atom. The summed E-state index contributed by atoms with van der Waals surface area (Å²) in [7, 11) is 3.89. The van der Waals surface area contributed by atoms with Gasteiger partial charge in [-0.15, -0.1) is 0 Å². The van der Waals surface area contributed by atoms with Gasteiger partial charge in [-0.1, -0.05) is 42.5 Å². The van der Waals surface area contributed by atoms with Gasteiger partial charge in [-0.3, -0.25) is 9.78 Å². The summed E-state index contributed by atoms with van der Waals surface area (Å²) in [6.45, 7) is 3.80. The molecule has 9 nitrogen and oxygen atoms in total. The fourth-order valence-electron chi connectivity index (χ4n) is 3.95. The van der Waals surface area contributed by atoms with Gasteiger partial charge in [-0.25, -0.2) is 9.97 Å². The van der Waals surface area contributed by atoms with Gasteiger partial charge in [0.15, 0.2) is 0 Å². The lowest BCUT2D eigenvalue weighted by molar-refractivity contribution is -0.111. The van der Waals surface area contributed by atoms with Gasteiger partial charge in [-0.2, -0.15) is 0 Å². The number of hydrogen-bond acceptors (Lipinski definition) is 8. The first kappa shape index (κ1) is 27.7. The van der Waals surface area contributed by atoms with E-state index < -0.39 is 0 Å². The summed E-state index contributed by atoms with van der Waals surface area (Å²) >= 11 is 0. The molecule has 1 amide bonds. The topological polar surface area (TPSA) is 102 Å². The maximum Gasteiger partial charge on any atom is 0.248 e. The molecule has 2 heterocycles. The van der Waals surface area contributed by atoms with Crippen molar-refractivity contribution in [1.82, 2.24) is 19.9 Å². The molecule has 39 heavy (non-hydrogen) atoms. The first-order chi connectivity index (χ1) is 19.0. The Balaban J connectivity index is 1.61. The van der Waals surface area contributed by atoms with Crippen LogP contribution in [-0.2, 0) is 16.1 Å². The Bertz CT molecular complexity index is 1380. The lowest BCUT2D eigenvalue weighted by Crippen LogP contribution is -2.18. The highest BCUT2D eigenvalue weighted by atomic mass is 16.5. The Hall–Kier alpha value is -4.34. The van der Waals surface area contributed by atoms with Crippen LogP contribution in [0, 0.1) is 0 Å². The van der Waals surface area contributed by atoms with Crippen molar-refractivity contribution in [2.45, 2.75) is 19.6 Å². The molecule has 4 aromatic rings. The van der Waals surface area contributed by atoms with E-state index in [-0.39, 0.29) is 11.9 Å². The number of carbonyl (C=O) groups excluding carboxylic acids is 1. The highest BCUT2D eigenvalue weighted by molar-refractivity contribution is 6.03. The Labute approximate surface area is 228 Å². The Kier molecular flexibility index (Phi) is 9.93. The van der Waals surface area contributed by atoms with Crippen LogP contribution in [0.1, 0.15) is 24.2 Å². The summed E-state index contributed by atoms with van der Waals surface area (Å²) in [5, 5.41) is 7.22. The monoisotopic (exact) mass is 526 g/mol. The zero-order valence-corrected chi connectivity index (χ0v) is 22.5. The van der Waals surface area contributed by atoms with E-state index in [0.717, 1.165) is 16.6 Å². The quantitative estimate of drug-likeness (QED) is 0.239. The van der Waals surface area contributed by atoms with Crippen LogP contribution < -0.4 is 15.4 Å². The summed E-state index contributed by atoms with van der Waals surface area (Å²) < 4.78 is 11.9. The van der Waals surface area contributed by atoms with E-state index in [1.165, 1.54) is 12.4 Å². The van der Waals surface area contributed by atoms with Gasteiger partial charge in [0.05, 0.1) is 42.8 Å². The standard InChI is InChI=1S/C30H34N6O3/c1-4-39-28-18-25-24(17-26(28)34-29(37)14-10-16-36(2)3)30(33-21-32-25)35-27(22-11-6-5-7-12-22)20-38-19-23-13-8-9-15-31-23/h5-15,17-18,21,27H,4,16,19-20H2,1-3H3,(H,34,37)(H,32,33,35)/b14-10+/t27-/m1/s1. The van der Waals surface area contributed by atoms with Crippen LogP contribution in [0.3, 0.4) is 0 Å². The number of aromatic nitrogens is 3. The van der Waals surface area contributed by atoms with Gasteiger partial charge in [0.1, 0.15) is 17.9 Å². The molecule has 0 unspecified atom stereocenters. The van der Waals surface area contributed by atoms with E-state index in [4.69, 9.17) is 9.47 Å². The third kappa shape index (κ3) is 8.07.